The lowest BCUT2D eigenvalue weighted by Crippen LogP contribution is -2.27. The normalized spacial score (nSPS) is 12.4. The van der Waals surface area contributed by atoms with Gasteiger partial charge in [-0.3, -0.25) is 18.8 Å². The van der Waals surface area contributed by atoms with Crippen LogP contribution in [0.3, 0.4) is 0 Å². The maximum Gasteiger partial charge on any atom is 0.284 e. The Morgan fingerprint density at radius 1 is 1.07 bits per heavy atom. The second kappa shape index (κ2) is 12.0. The van der Waals surface area contributed by atoms with Crippen LogP contribution in [0, 0.1) is 13.8 Å². The molecule has 0 fully saturated rings. The first-order valence-corrected chi connectivity index (χ1v) is 13.1. The van der Waals surface area contributed by atoms with Gasteiger partial charge in [-0.15, -0.1) is 24.8 Å². The Morgan fingerprint density at radius 2 is 1.88 bits per heavy atom. The van der Waals surface area contributed by atoms with E-state index < -0.39 is 5.91 Å². The molecule has 0 saturated heterocycles. The number of nitrogens with one attached hydrogen (secondary N) is 2. The van der Waals surface area contributed by atoms with Gasteiger partial charge in [0.2, 0.25) is 0 Å². The summed E-state index contributed by atoms with van der Waals surface area (Å²) in [6.45, 7) is 5.59. The summed E-state index contributed by atoms with van der Waals surface area (Å²) >= 11 is 6.28. The average Bonchev–Trinajstić information content (AvgIpc) is 3.46. The number of rotatable bonds is 5. The van der Waals surface area contributed by atoms with E-state index in [1.54, 1.807) is 40.4 Å². The summed E-state index contributed by atoms with van der Waals surface area (Å²) in [5, 5.41) is 15.7. The van der Waals surface area contributed by atoms with Gasteiger partial charge >= 0.3 is 0 Å². The molecule has 2 aromatic carbocycles. The Bertz CT molecular complexity index is 1830. The number of carbonyl (C=O) groups is 1. The highest BCUT2D eigenvalue weighted by molar-refractivity contribution is 6.30. The summed E-state index contributed by atoms with van der Waals surface area (Å²) in [7, 11) is 1.83. The van der Waals surface area contributed by atoms with E-state index >= 15 is 0 Å². The maximum absolute atomic E-state index is 14.1. The number of fused-ring (bicyclic) bond motifs is 2. The van der Waals surface area contributed by atoms with Gasteiger partial charge in [-0.1, -0.05) is 23.7 Å². The van der Waals surface area contributed by atoms with Crippen LogP contribution in [-0.2, 0) is 26.6 Å². The minimum atomic E-state index is -0.449. The third-order valence-electron chi connectivity index (χ3n) is 7.00. The van der Waals surface area contributed by atoms with Gasteiger partial charge in [0.05, 0.1) is 23.6 Å². The number of benzene rings is 2. The largest absolute Gasteiger partial charge is 0.345 e. The first-order valence-electron chi connectivity index (χ1n) is 12.7. The average molecular weight is 616 g/mol. The number of halogens is 3. The van der Waals surface area contributed by atoms with Crippen molar-refractivity contribution < 1.29 is 4.79 Å². The fourth-order valence-corrected chi connectivity index (χ4v) is 5.29. The zero-order valence-electron chi connectivity index (χ0n) is 22.6. The molecule has 1 amide bonds. The van der Waals surface area contributed by atoms with Gasteiger partial charge in [-0.25, -0.2) is 9.67 Å². The number of hydrogen-bond donors (Lipinski definition) is 2. The van der Waals surface area contributed by atoms with Gasteiger partial charge in [0.1, 0.15) is 11.3 Å². The van der Waals surface area contributed by atoms with Crippen LogP contribution in [0.1, 0.15) is 38.7 Å². The number of carbonyl (C=O) groups excluding carboxylic acids is 1. The summed E-state index contributed by atoms with van der Waals surface area (Å²) in [5.74, 6) is 0.00576. The molecule has 4 heterocycles. The lowest BCUT2D eigenvalue weighted by molar-refractivity contribution is 0.0946. The van der Waals surface area contributed by atoms with Gasteiger partial charge in [-0.05, 0) is 73.8 Å². The van der Waals surface area contributed by atoms with E-state index in [-0.39, 0.29) is 53.6 Å². The first-order chi connectivity index (χ1) is 18.8. The first kappa shape index (κ1) is 30.3. The van der Waals surface area contributed by atoms with Crippen molar-refractivity contribution in [1.29, 1.82) is 0 Å². The van der Waals surface area contributed by atoms with Crippen LogP contribution >= 0.6 is 36.4 Å². The van der Waals surface area contributed by atoms with Crippen molar-refractivity contribution in [1.82, 2.24) is 39.7 Å². The molecule has 0 atom stereocenters. The monoisotopic (exact) mass is 614 g/mol. The van der Waals surface area contributed by atoms with E-state index in [0.717, 1.165) is 36.3 Å². The van der Waals surface area contributed by atoms with Gasteiger partial charge in [-0.2, -0.15) is 10.2 Å². The van der Waals surface area contributed by atoms with Crippen molar-refractivity contribution in [2.75, 3.05) is 6.54 Å². The summed E-state index contributed by atoms with van der Waals surface area (Å²) in [6.07, 6.45) is 2.83. The van der Waals surface area contributed by atoms with Crippen LogP contribution in [-0.4, -0.2) is 41.6 Å². The molecular weight excluding hydrogens is 587 g/mol. The lowest BCUT2D eigenvalue weighted by atomic mass is 10.0. The van der Waals surface area contributed by atoms with Crippen molar-refractivity contribution in [3.05, 3.63) is 97.9 Å². The van der Waals surface area contributed by atoms with Gasteiger partial charge in [0.25, 0.3) is 11.5 Å². The third-order valence-corrected chi connectivity index (χ3v) is 7.23. The van der Waals surface area contributed by atoms with Crippen LogP contribution in [0.15, 0.2) is 53.5 Å². The van der Waals surface area contributed by atoms with Crippen LogP contribution in [0.2, 0.25) is 5.02 Å². The lowest BCUT2D eigenvalue weighted by Gasteiger charge is -2.19. The number of aryl methyl sites for hydroxylation is 3. The Hall–Kier alpha value is -3.70. The molecule has 6 rings (SSSR count). The molecule has 2 N–H and O–H groups in total. The molecule has 10 nitrogen and oxygen atoms in total. The van der Waals surface area contributed by atoms with Gasteiger partial charge in [0, 0.05) is 24.8 Å². The summed E-state index contributed by atoms with van der Waals surface area (Å²) in [5.41, 5.74) is 5.54. The molecule has 1 aliphatic heterocycles. The molecule has 0 unspecified atom stereocenters. The van der Waals surface area contributed by atoms with Crippen molar-refractivity contribution >= 4 is 53.4 Å². The van der Waals surface area contributed by atoms with E-state index in [9.17, 15) is 9.59 Å². The van der Waals surface area contributed by atoms with Gasteiger partial charge in [0.15, 0.2) is 11.2 Å². The van der Waals surface area contributed by atoms with Crippen LogP contribution in [0.25, 0.3) is 22.4 Å². The predicted octanol–water partition coefficient (Wildman–Crippen LogP) is 3.99. The fraction of sp³-hybridized carbons (Fsp3) is 0.250. The Balaban J connectivity index is 0.00000194. The second-order valence-electron chi connectivity index (χ2n) is 9.73. The molecule has 0 radical (unpaired) electrons. The molecule has 0 aliphatic carbocycles. The third kappa shape index (κ3) is 5.60. The maximum atomic E-state index is 14.1. The highest BCUT2D eigenvalue weighted by atomic mass is 35.5. The molecule has 214 valence electrons. The fourth-order valence-electron chi connectivity index (χ4n) is 5.11. The molecule has 3 aromatic heterocycles. The van der Waals surface area contributed by atoms with Crippen LogP contribution < -0.4 is 16.2 Å². The molecular formula is C28H29Cl3N8O2. The molecule has 0 spiro atoms. The zero-order chi connectivity index (χ0) is 27.3. The van der Waals surface area contributed by atoms with E-state index in [2.05, 4.69) is 26.9 Å². The van der Waals surface area contributed by atoms with Crippen molar-refractivity contribution in [3.8, 4) is 11.4 Å². The number of aromatic nitrogens is 6. The smallest absolute Gasteiger partial charge is 0.284 e. The Labute approximate surface area is 253 Å². The number of amides is 1. The summed E-state index contributed by atoms with van der Waals surface area (Å²) in [6, 6.07) is 13.0. The predicted molar refractivity (Wildman–Crippen MR) is 163 cm³/mol. The summed E-state index contributed by atoms with van der Waals surface area (Å²) in [4.78, 5) is 32.3. The molecule has 1 aliphatic rings. The molecule has 41 heavy (non-hydrogen) atoms. The Kier molecular flexibility index (Phi) is 8.89. The van der Waals surface area contributed by atoms with Crippen molar-refractivity contribution in [3.63, 3.8) is 0 Å². The SMILES string of the molecule is Cc1cn(C)nc1CNC(=O)c1nn(-c2cccc(Cl)c2)c2c(=O)n(-c3ccc4c(c3)CNCC4)c(C)nc12.Cl.Cl. The minimum absolute atomic E-state index is 0. The highest BCUT2D eigenvalue weighted by Gasteiger charge is 2.25. The van der Waals surface area contributed by atoms with E-state index in [1.165, 1.54) is 10.2 Å². The van der Waals surface area contributed by atoms with E-state index in [4.69, 9.17) is 16.6 Å². The standard InChI is InChI=1S/C28H27ClN8O2.2ClH/c1-16-15-35(3)33-23(16)14-31-27(38)25-24-26(37(34-25)22-6-4-5-20(29)12-22)28(39)36(17(2)32-24)21-8-7-18-9-10-30-13-19(18)11-21;;/h4-8,11-12,15,30H,9-10,13-14H2,1-3H3,(H,31,38);2*1H. The zero-order valence-corrected chi connectivity index (χ0v) is 25.0. The van der Waals surface area contributed by atoms with Gasteiger partial charge < -0.3 is 10.6 Å². The highest BCUT2D eigenvalue weighted by Crippen LogP contribution is 2.24. The van der Waals surface area contributed by atoms with Crippen molar-refractivity contribution in [2.24, 2.45) is 7.05 Å². The van der Waals surface area contributed by atoms with Crippen LogP contribution in [0.5, 0.6) is 0 Å². The molecule has 5 aromatic rings. The quantitative estimate of drug-likeness (QED) is 0.309. The minimum Gasteiger partial charge on any atom is -0.345 e. The van der Waals surface area contributed by atoms with Crippen LogP contribution in [0.4, 0.5) is 0 Å². The number of nitrogens with zero attached hydrogens (tertiary/aromatic N) is 6. The molecule has 0 saturated carbocycles. The number of hydrogen-bond acceptors (Lipinski definition) is 6. The molecule has 13 heteroatoms. The van der Waals surface area contributed by atoms with E-state index in [1.807, 2.05) is 32.3 Å². The van der Waals surface area contributed by atoms with E-state index in [0.29, 0.717) is 22.2 Å². The van der Waals surface area contributed by atoms with Crippen molar-refractivity contribution in [2.45, 2.75) is 33.4 Å². The molecule has 0 bridgehead atoms. The second-order valence-corrected chi connectivity index (χ2v) is 10.2. The summed E-state index contributed by atoms with van der Waals surface area (Å²) < 4.78 is 4.72. The Morgan fingerprint density at radius 3 is 2.61 bits per heavy atom. The topological polar surface area (TPSA) is 112 Å².